The van der Waals surface area contributed by atoms with E-state index in [1.807, 2.05) is 0 Å². The van der Waals surface area contributed by atoms with Crippen LogP contribution in [0.1, 0.15) is 6.92 Å². The zero-order valence-electron chi connectivity index (χ0n) is 12.2. The maximum atomic E-state index is 12.8. The number of halogens is 4. The molecule has 2 atom stereocenters. The van der Waals surface area contributed by atoms with Gasteiger partial charge in [-0.05, 0) is 31.2 Å². The van der Waals surface area contributed by atoms with Gasteiger partial charge in [-0.3, -0.25) is 0 Å². The van der Waals surface area contributed by atoms with Gasteiger partial charge in [-0.25, -0.2) is 8.42 Å². The molecule has 12 heteroatoms. The second kappa shape index (κ2) is 6.24. The van der Waals surface area contributed by atoms with Crippen molar-refractivity contribution in [1.82, 2.24) is 4.31 Å². The summed E-state index contributed by atoms with van der Waals surface area (Å²) < 4.78 is 103. The number of hydrogen-bond acceptors (Lipinski definition) is 5. The van der Waals surface area contributed by atoms with Crippen LogP contribution in [0, 0.1) is 0 Å². The summed E-state index contributed by atoms with van der Waals surface area (Å²) in [4.78, 5) is -1.19. The van der Waals surface area contributed by atoms with Gasteiger partial charge >= 0.3 is 16.4 Å². The Kier molecular flexibility index (Phi) is 4.97. The molecular formula is C12H13F4NO5S2. The van der Waals surface area contributed by atoms with E-state index in [0.29, 0.717) is 4.31 Å². The second-order valence-corrected chi connectivity index (χ2v) is 8.43. The van der Waals surface area contributed by atoms with Gasteiger partial charge < -0.3 is 4.74 Å². The molecule has 2 unspecified atom stereocenters. The molecular weight excluding hydrogens is 378 g/mol. The minimum absolute atomic E-state index is 0.440. The maximum Gasteiger partial charge on any atom is 0.415 e. The van der Waals surface area contributed by atoms with E-state index in [2.05, 4.69) is 4.74 Å². The number of alkyl halides is 3. The lowest BCUT2D eigenvalue weighted by Gasteiger charge is -2.37. The smallest absolute Gasteiger partial charge is 0.366 e. The molecule has 6 nitrogen and oxygen atoms in total. The third kappa shape index (κ3) is 3.87. The molecule has 1 aromatic rings. The van der Waals surface area contributed by atoms with Gasteiger partial charge in [0.2, 0.25) is 10.0 Å². The highest BCUT2D eigenvalue weighted by molar-refractivity contribution is 7.89. The highest BCUT2D eigenvalue weighted by Gasteiger charge is 2.47. The molecule has 1 aliphatic rings. The Hall–Kier alpha value is -1.24. The molecule has 1 aliphatic heterocycles. The minimum atomic E-state index is -5.01. The first kappa shape index (κ1) is 19.1. The Morgan fingerprint density at radius 2 is 1.58 bits per heavy atom. The van der Waals surface area contributed by atoms with Gasteiger partial charge in [-0.1, -0.05) is 0 Å². The number of rotatable bonds is 3. The van der Waals surface area contributed by atoms with Crippen LogP contribution in [0.15, 0.2) is 34.1 Å². The van der Waals surface area contributed by atoms with Gasteiger partial charge in [0.05, 0.1) is 16.4 Å². The Morgan fingerprint density at radius 1 is 1.08 bits per heavy atom. The molecule has 0 spiro atoms. The Labute approximate surface area is 136 Å². The average Bonchev–Trinajstić information content (AvgIpc) is 2.45. The Bertz CT molecular complexity index is 805. The van der Waals surface area contributed by atoms with Crippen molar-refractivity contribution >= 4 is 20.2 Å². The van der Waals surface area contributed by atoms with Crippen LogP contribution in [0.25, 0.3) is 0 Å². The quantitative estimate of drug-likeness (QED) is 0.579. The van der Waals surface area contributed by atoms with Crippen LogP contribution >= 0.6 is 0 Å². The van der Waals surface area contributed by atoms with Gasteiger partial charge in [0, 0.05) is 12.6 Å². The van der Waals surface area contributed by atoms with Crippen molar-refractivity contribution in [2.24, 2.45) is 0 Å². The molecule has 2 rings (SSSR count). The summed E-state index contributed by atoms with van der Waals surface area (Å²) in [7, 11) is -9.34. The normalized spacial score (nSPS) is 24.0. The van der Waals surface area contributed by atoms with Crippen LogP contribution in [0.5, 0.6) is 0 Å². The summed E-state index contributed by atoms with van der Waals surface area (Å²) >= 11 is 0. The predicted molar refractivity (Wildman–Crippen MR) is 73.9 cm³/mol. The van der Waals surface area contributed by atoms with Gasteiger partial charge in [0.15, 0.2) is 6.10 Å². The zero-order valence-corrected chi connectivity index (χ0v) is 13.8. The molecule has 1 saturated heterocycles. The third-order valence-electron chi connectivity index (χ3n) is 3.45. The van der Waals surface area contributed by atoms with Crippen LogP contribution < -0.4 is 0 Å². The maximum absolute atomic E-state index is 12.8. The van der Waals surface area contributed by atoms with Crippen molar-refractivity contribution in [2.45, 2.75) is 35.0 Å². The Morgan fingerprint density at radius 3 is 2.04 bits per heavy atom. The number of benzene rings is 1. The average molecular weight is 391 g/mol. The van der Waals surface area contributed by atoms with Crippen LogP contribution in [-0.4, -0.2) is 52.6 Å². The predicted octanol–water partition coefficient (Wildman–Crippen LogP) is 1.69. The topological polar surface area (TPSA) is 80.8 Å². The molecule has 1 heterocycles. The molecule has 0 N–H and O–H groups in total. The monoisotopic (exact) mass is 391 g/mol. The zero-order chi connectivity index (χ0) is 18.3. The molecule has 0 radical (unpaired) electrons. The van der Waals surface area contributed by atoms with E-state index < -0.39 is 61.5 Å². The third-order valence-corrected chi connectivity index (χ3v) is 6.28. The van der Waals surface area contributed by atoms with Gasteiger partial charge in [-0.2, -0.15) is 25.9 Å². The van der Waals surface area contributed by atoms with E-state index in [0.717, 1.165) is 24.3 Å². The van der Waals surface area contributed by atoms with Crippen molar-refractivity contribution in [3.05, 3.63) is 24.3 Å². The largest absolute Gasteiger partial charge is 0.415 e. The van der Waals surface area contributed by atoms with Gasteiger partial charge in [0.25, 0.3) is 0 Å². The minimum Gasteiger partial charge on any atom is -0.366 e. The lowest BCUT2D eigenvalue weighted by Crippen LogP contribution is -2.55. The summed E-state index contributed by atoms with van der Waals surface area (Å²) in [5, 5.41) is 0. The summed E-state index contributed by atoms with van der Waals surface area (Å²) in [6.07, 6.45) is -6.98. The molecule has 0 aromatic heterocycles. The van der Waals surface area contributed by atoms with Crippen molar-refractivity contribution in [1.29, 1.82) is 0 Å². The molecule has 24 heavy (non-hydrogen) atoms. The molecule has 0 bridgehead atoms. The van der Waals surface area contributed by atoms with Crippen molar-refractivity contribution in [2.75, 3.05) is 13.2 Å². The summed E-state index contributed by atoms with van der Waals surface area (Å²) in [5.74, 6) is 0. The van der Waals surface area contributed by atoms with Crippen molar-refractivity contribution in [3.63, 3.8) is 0 Å². The van der Waals surface area contributed by atoms with Crippen molar-refractivity contribution < 1.29 is 38.6 Å². The van der Waals surface area contributed by atoms with E-state index in [1.54, 1.807) is 0 Å². The lowest BCUT2D eigenvalue weighted by atomic mass is 10.2. The standard InChI is InChI=1S/C12H13F4NO5S2/c1-8-7-22-11(12(13,14)15)6-17(8)24(20,21)10-4-2-9(3-5-10)23(16,18)19/h2-5,8,11H,6-7H2,1H3. The summed E-state index contributed by atoms with van der Waals surface area (Å²) in [5.41, 5.74) is 0. The molecule has 0 saturated carbocycles. The fourth-order valence-corrected chi connectivity index (χ4v) is 4.26. The number of hydrogen-bond donors (Lipinski definition) is 0. The summed E-state index contributed by atoms with van der Waals surface area (Å²) in [6.45, 7) is 0.0149. The van der Waals surface area contributed by atoms with Crippen LogP contribution in [0.2, 0.25) is 0 Å². The number of morpholine rings is 1. The van der Waals surface area contributed by atoms with Gasteiger partial charge in [-0.15, -0.1) is 3.89 Å². The second-order valence-electron chi connectivity index (χ2n) is 5.20. The molecule has 0 aliphatic carbocycles. The van der Waals surface area contributed by atoms with Gasteiger partial charge in [0.1, 0.15) is 0 Å². The van der Waals surface area contributed by atoms with E-state index in [9.17, 15) is 33.9 Å². The first-order valence-corrected chi connectivity index (χ1v) is 9.41. The molecule has 1 aromatic carbocycles. The number of sulfonamides is 1. The fraction of sp³-hybridized carbons (Fsp3) is 0.500. The number of ether oxygens (including phenoxy) is 1. The van der Waals surface area contributed by atoms with E-state index in [4.69, 9.17) is 0 Å². The molecule has 1 fully saturated rings. The fourth-order valence-electron chi connectivity index (χ4n) is 2.18. The summed E-state index contributed by atoms with van der Waals surface area (Å²) in [6, 6.07) is 2.26. The van der Waals surface area contributed by atoms with Crippen LogP contribution in [-0.2, 0) is 25.0 Å². The first-order valence-electron chi connectivity index (χ1n) is 6.58. The number of nitrogens with zero attached hydrogens (tertiary/aromatic N) is 1. The van der Waals surface area contributed by atoms with E-state index >= 15 is 0 Å². The van der Waals surface area contributed by atoms with Crippen LogP contribution in [0.3, 0.4) is 0 Å². The van der Waals surface area contributed by atoms with Crippen LogP contribution in [0.4, 0.5) is 17.1 Å². The van der Waals surface area contributed by atoms with Crippen molar-refractivity contribution in [3.8, 4) is 0 Å². The Balaban J connectivity index is 2.34. The molecule has 0 amide bonds. The van der Waals surface area contributed by atoms with E-state index in [-0.39, 0.29) is 0 Å². The highest BCUT2D eigenvalue weighted by atomic mass is 32.3. The van der Waals surface area contributed by atoms with E-state index in [1.165, 1.54) is 6.92 Å². The molecule has 136 valence electrons. The first-order chi connectivity index (χ1) is 10.8. The lowest BCUT2D eigenvalue weighted by molar-refractivity contribution is -0.236. The SMILES string of the molecule is CC1COC(C(F)(F)F)CN1S(=O)(=O)c1ccc(S(=O)(=O)F)cc1. The highest BCUT2D eigenvalue weighted by Crippen LogP contribution is 2.30.